The molecule has 0 bridgehead atoms. The van der Waals surface area contributed by atoms with Crippen molar-refractivity contribution < 1.29 is 14.3 Å². The van der Waals surface area contributed by atoms with Gasteiger partial charge in [0.1, 0.15) is 10.1 Å². The van der Waals surface area contributed by atoms with Crippen LogP contribution in [0.15, 0.2) is 77.7 Å². The summed E-state index contributed by atoms with van der Waals surface area (Å²) >= 11 is 18.8. The zero-order chi connectivity index (χ0) is 24.8. The van der Waals surface area contributed by atoms with Crippen LogP contribution in [0.5, 0.6) is 5.75 Å². The van der Waals surface area contributed by atoms with Crippen LogP contribution in [0.4, 0.5) is 5.69 Å². The summed E-state index contributed by atoms with van der Waals surface area (Å²) in [5, 5.41) is 3.30. The van der Waals surface area contributed by atoms with E-state index in [1.54, 1.807) is 41.3 Å². The molecule has 3 aromatic carbocycles. The molecular formula is C26H20Cl2N2O3S2. The number of amides is 2. The van der Waals surface area contributed by atoms with Gasteiger partial charge in [0.2, 0.25) is 0 Å². The van der Waals surface area contributed by atoms with Crippen LogP contribution in [0.1, 0.15) is 11.1 Å². The lowest BCUT2D eigenvalue weighted by Gasteiger charge is -2.14. The Kier molecular flexibility index (Phi) is 8.46. The number of carbonyl (C=O) groups is 2. The predicted octanol–water partition coefficient (Wildman–Crippen LogP) is 6.45. The number of nitrogens with zero attached hydrogens (tertiary/aromatic N) is 1. The first-order valence-corrected chi connectivity index (χ1v) is 12.6. The van der Waals surface area contributed by atoms with E-state index in [-0.39, 0.29) is 23.4 Å². The van der Waals surface area contributed by atoms with Gasteiger partial charge in [-0.15, -0.1) is 0 Å². The molecule has 0 radical (unpaired) electrons. The van der Waals surface area contributed by atoms with Crippen LogP contribution >= 0.6 is 47.2 Å². The van der Waals surface area contributed by atoms with Crippen molar-refractivity contribution in [1.29, 1.82) is 0 Å². The Labute approximate surface area is 223 Å². The third-order valence-electron chi connectivity index (χ3n) is 5.11. The number of halogens is 2. The summed E-state index contributed by atoms with van der Waals surface area (Å²) in [7, 11) is 0. The SMILES string of the molecule is O=C(COc1ccc(/C=C2\SC(=S)N(CCc3ccccc3)C2=O)cc1)Nc1cccc(Cl)c1Cl. The third-order valence-corrected chi connectivity index (χ3v) is 7.31. The number of ether oxygens (including phenoxy) is 1. The summed E-state index contributed by atoms with van der Waals surface area (Å²) in [5.74, 6) is 0.0647. The highest BCUT2D eigenvalue weighted by atomic mass is 35.5. The Morgan fingerprint density at radius 2 is 1.77 bits per heavy atom. The van der Waals surface area contributed by atoms with Crippen LogP contribution in [0, 0.1) is 0 Å². The summed E-state index contributed by atoms with van der Waals surface area (Å²) in [6.07, 6.45) is 2.54. The second-order valence-electron chi connectivity index (χ2n) is 7.58. The highest BCUT2D eigenvalue weighted by Gasteiger charge is 2.31. The number of benzene rings is 3. The fraction of sp³-hybridized carbons (Fsp3) is 0.115. The fourth-order valence-electron chi connectivity index (χ4n) is 3.33. The maximum Gasteiger partial charge on any atom is 0.266 e. The molecular weight excluding hydrogens is 523 g/mol. The number of nitrogens with one attached hydrogen (secondary N) is 1. The molecule has 1 N–H and O–H groups in total. The van der Waals surface area contributed by atoms with Crippen LogP contribution in [-0.2, 0) is 16.0 Å². The van der Waals surface area contributed by atoms with Gasteiger partial charge in [0.05, 0.1) is 20.6 Å². The first-order valence-electron chi connectivity index (χ1n) is 10.7. The highest BCUT2D eigenvalue weighted by molar-refractivity contribution is 8.26. The first-order chi connectivity index (χ1) is 16.9. The number of carbonyl (C=O) groups excluding carboxylic acids is 2. The smallest absolute Gasteiger partial charge is 0.266 e. The Hall–Kier alpha value is -2.84. The Balaban J connectivity index is 1.31. The van der Waals surface area contributed by atoms with Gasteiger partial charge in [-0.3, -0.25) is 14.5 Å². The molecule has 0 aliphatic carbocycles. The quantitative estimate of drug-likeness (QED) is 0.261. The summed E-state index contributed by atoms with van der Waals surface area (Å²) in [6.45, 7) is 0.351. The van der Waals surface area contributed by atoms with E-state index < -0.39 is 0 Å². The molecule has 0 saturated carbocycles. The fourth-order valence-corrected chi connectivity index (χ4v) is 4.98. The molecule has 0 unspecified atom stereocenters. The van der Waals surface area contributed by atoms with Gasteiger partial charge >= 0.3 is 0 Å². The average molecular weight is 543 g/mol. The molecule has 0 aromatic heterocycles. The van der Waals surface area contributed by atoms with Gasteiger partial charge in [-0.2, -0.15) is 0 Å². The molecule has 4 rings (SSSR count). The van der Waals surface area contributed by atoms with E-state index in [1.807, 2.05) is 42.5 Å². The average Bonchev–Trinajstić information content (AvgIpc) is 3.12. The van der Waals surface area contributed by atoms with E-state index in [9.17, 15) is 9.59 Å². The molecule has 35 heavy (non-hydrogen) atoms. The minimum Gasteiger partial charge on any atom is -0.484 e. The van der Waals surface area contributed by atoms with Crippen LogP contribution < -0.4 is 10.1 Å². The predicted molar refractivity (Wildman–Crippen MR) is 147 cm³/mol. The van der Waals surface area contributed by atoms with Gasteiger partial charge in [-0.05, 0) is 47.9 Å². The number of thiocarbonyl (C=S) groups is 1. The van der Waals surface area contributed by atoms with E-state index in [1.165, 1.54) is 11.8 Å². The van der Waals surface area contributed by atoms with E-state index in [0.29, 0.717) is 32.2 Å². The highest BCUT2D eigenvalue weighted by Crippen LogP contribution is 2.33. The first kappa shape index (κ1) is 25.3. The Bertz CT molecular complexity index is 1280. The molecule has 2 amide bonds. The van der Waals surface area contributed by atoms with Crippen molar-refractivity contribution in [1.82, 2.24) is 4.90 Å². The Morgan fingerprint density at radius 1 is 1.03 bits per heavy atom. The number of anilines is 1. The van der Waals surface area contributed by atoms with Gasteiger partial charge in [0.15, 0.2) is 6.61 Å². The molecule has 178 valence electrons. The molecule has 1 fully saturated rings. The standard InChI is InChI=1S/C26H20Cl2N2O3S2/c27-20-7-4-8-21(24(20)28)29-23(31)16-33-19-11-9-18(10-12-19)15-22-25(32)30(26(34)35-22)14-13-17-5-2-1-3-6-17/h1-12,15H,13-14,16H2,(H,29,31)/b22-15-. The van der Waals surface area contributed by atoms with Crippen molar-refractivity contribution in [2.45, 2.75) is 6.42 Å². The second-order valence-corrected chi connectivity index (χ2v) is 10.0. The van der Waals surface area contributed by atoms with E-state index >= 15 is 0 Å². The largest absolute Gasteiger partial charge is 0.484 e. The maximum absolute atomic E-state index is 12.8. The molecule has 1 aliphatic rings. The molecule has 1 heterocycles. The lowest BCUT2D eigenvalue weighted by Crippen LogP contribution is -2.30. The number of hydrogen-bond acceptors (Lipinski definition) is 5. The van der Waals surface area contributed by atoms with Crippen molar-refractivity contribution in [3.63, 3.8) is 0 Å². The van der Waals surface area contributed by atoms with Gasteiger partial charge in [-0.25, -0.2) is 0 Å². The number of thioether (sulfide) groups is 1. The number of hydrogen-bond donors (Lipinski definition) is 1. The minimum atomic E-state index is -0.363. The van der Waals surface area contributed by atoms with Crippen molar-refractivity contribution in [3.05, 3.63) is 98.9 Å². The van der Waals surface area contributed by atoms with E-state index in [4.69, 9.17) is 40.2 Å². The minimum absolute atomic E-state index is 0.0902. The molecule has 5 nitrogen and oxygen atoms in total. The van der Waals surface area contributed by atoms with E-state index in [0.717, 1.165) is 17.5 Å². The Morgan fingerprint density at radius 3 is 2.51 bits per heavy atom. The summed E-state index contributed by atoms with van der Waals surface area (Å²) < 4.78 is 6.11. The molecule has 3 aromatic rings. The van der Waals surface area contributed by atoms with Gasteiger partial charge in [-0.1, -0.05) is 95.7 Å². The van der Waals surface area contributed by atoms with E-state index in [2.05, 4.69) is 5.32 Å². The molecule has 1 saturated heterocycles. The van der Waals surface area contributed by atoms with Crippen molar-refractivity contribution in [2.75, 3.05) is 18.5 Å². The summed E-state index contributed by atoms with van der Waals surface area (Å²) in [6, 6.07) is 22.1. The normalized spacial score (nSPS) is 14.5. The van der Waals surface area contributed by atoms with Crippen molar-refractivity contribution >= 4 is 75.1 Å². The molecule has 9 heteroatoms. The van der Waals surface area contributed by atoms with Crippen molar-refractivity contribution in [3.8, 4) is 5.75 Å². The second kappa shape index (κ2) is 11.7. The number of rotatable bonds is 8. The third kappa shape index (κ3) is 6.64. The van der Waals surface area contributed by atoms with Crippen LogP contribution in [0.25, 0.3) is 6.08 Å². The summed E-state index contributed by atoms with van der Waals surface area (Å²) in [4.78, 5) is 27.2. The van der Waals surface area contributed by atoms with Crippen LogP contribution in [0.2, 0.25) is 10.0 Å². The summed E-state index contributed by atoms with van der Waals surface area (Å²) in [5.41, 5.74) is 2.41. The maximum atomic E-state index is 12.8. The van der Waals surface area contributed by atoms with Gasteiger partial charge in [0, 0.05) is 6.54 Å². The lowest BCUT2D eigenvalue weighted by atomic mass is 10.1. The van der Waals surface area contributed by atoms with Crippen molar-refractivity contribution in [2.24, 2.45) is 0 Å². The zero-order valence-corrected chi connectivity index (χ0v) is 21.5. The monoisotopic (exact) mass is 542 g/mol. The van der Waals surface area contributed by atoms with Gasteiger partial charge < -0.3 is 10.1 Å². The molecule has 1 aliphatic heterocycles. The van der Waals surface area contributed by atoms with Gasteiger partial charge in [0.25, 0.3) is 11.8 Å². The molecule has 0 atom stereocenters. The lowest BCUT2D eigenvalue weighted by molar-refractivity contribution is -0.122. The van der Waals surface area contributed by atoms with Crippen LogP contribution in [-0.4, -0.2) is 34.2 Å². The topological polar surface area (TPSA) is 58.6 Å². The van der Waals surface area contributed by atoms with Crippen LogP contribution in [0.3, 0.4) is 0 Å². The zero-order valence-electron chi connectivity index (χ0n) is 18.4. The molecule has 0 spiro atoms.